The van der Waals surface area contributed by atoms with Crippen molar-refractivity contribution in [3.8, 4) is 11.1 Å². The molecule has 0 saturated heterocycles. The molecule has 0 heterocycles. The molecule has 0 spiro atoms. The smallest absolute Gasteiger partial charge is 0.338 e. The minimum absolute atomic E-state index is 0.240. The first-order chi connectivity index (χ1) is 10.2. The molecular formula is C18H22O2S. The van der Waals surface area contributed by atoms with Gasteiger partial charge in [-0.15, -0.1) is 12.6 Å². The maximum Gasteiger partial charge on any atom is 0.338 e. The number of aryl methyl sites for hydroxylation is 1. The molecule has 0 fully saturated rings. The maximum absolute atomic E-state index is 12.1. The van der Waals surface area contributed by atoms with Crippen molar-refractivity contribution in [1.82, 2.24) is 0 Å². The second-order valence-corrected chi connectivity index (χ2v) is 5.70. The summed E-state index contributed by atoms with van der Waals surface area (Å²) in [6.07, 6.45) is 4.52. The molecule has 0 atom stereocenters. The van der Waals surface area contributed by atoms with Crippen LogP contribution in [0.2, 0.25) is 0 Å². The van der Waals surface area contributed by atoms with E-state index in [4.69, 9.17) is 4.74 Å². The zero-order chi connectivity index (χ0) is 15.2. The number of hydrogen-bond donors (Lipinski definition) is 1. The Bertz CT molecular complexity index is 592. The zero-order valence-corrected chi connectivity index (χ0v) is 13.6. The Hall–Kier alpha value is -1.48. The monoisotopic (exact) mass is 302 g/mol. The number of carbonyl (C=O) groups is 1. The lowest BCUT2D eigenvalue weighted by molar-refractivity contribution is 0.0527. The molecule has 0 aromatic rings. The van der Waals surface area contributed by atoms with Crippen molar-refractivity contribution in [3.05, 3.63) is 41.5 Å². The van der Waals surface area contributed by atoms with Crippen LogP contribution in [0.1, 0.15) is 49.0 Å². The van der Waals surface area contributed by atoms with Gasteiger partial charge in [0.05, 0.1) is 12.2 Å². The zero-order valence-electron chi connectivity index (χ0n) is 12.7. The number of esters is 1. The molecular weight excluding hydrogens is 280 g/mol. The van der Waals surface area contributed by atoms with Crippen molar-refractivity contribution >= 4 is 18.6 Å². The fourth-order valence-electron chi connectivity index (χ4n) is 2.59. The topological polar surface area (TPSA) is 26.3 Å². The van der Waals surface area contributed by atoms with Gasteiger partial charge >= 0.3 is 5.97 Å². The largest absolute Gasteiger partial charge is 0.462 e. The van der Waals surface area contributed by atoms with E-state index in [1.807, 2.05) is 37.3 Å². The second kappa shape index (κ2) is 7.51. The van der Waals surface area contributed by atoms with E-state index in [-0.39, 0.29) is 5.97 Å². The summed E-state index contributed by atoms with van der Waals surface area (Å²) in [4.78, 5) is 13.1. The number of fused-ring (bicyclic) bond motifs is 1. The highest BCUT2D eigenvalue weighted by molar-refractivity contribution is 7.80. The van der Waals surface area contributed by atoms with Gasteiger partial charge in [0, 0.05) is 4.90 Å². The minimum Gasteiger partial charge on any atom is -0.462 e. The lowest BCUT2D eigenvalue weighted by atomic mass is 10.0. The SMILES string of the molecule is CCCCCc1cc(C(=O)OCC)c2cccc(S)cc1-2. The maximum atomic E-state index is 12.1. The molecule has 0 aromatic carbocycles. The molecule has 2 aliphatic carbocycles. The Morgan fingerprint density at radius 2 is 1.95 bits per heavy atom. The predicted molar refractivity (Wildman–Crippen MR) is 89.5 cm³/mol. The Morgan fingerprint density at radius 1 is 1.14 bits per heavy atom. The molecule has 0 bridgehead atoms. The normalized spacial score (nSPS) is 10.8. The van der Waals surface area contributed by atoms with Crippen molar-refractivity contribution in [2.75, 3.05) is 6.61 Å². The fourth-order valence-corrected chi connectivity index (χ4v) is 2.80. The molecule has 0 radical (unpaired) electrons. The Labute approximate surface area is 132 Å². The minimum atomic E-state index is -0.240. The van der Waals surface area contributed by atoms with Gasteiger partial charge in [0.2, 0.25) is 0 Å². The van der Waals surface area contributed by atoms with E-state index in [9.17, 15) is 4.79 Å². The van der Waals surface area contributed by atoms with E-state index in [0.717, 1.165) is 28.9 Å². The van der Waals surface area contributed by atoms with Crippen molar-refractivity contribution in [1.29, 1.82) is 0 Å². The summed E-state index contributed by atoms with van der Waals surface area (Å²) in [6, 6.07) is 9.88. The number of ether oxygens (including phenoxy) is 1. The van der Waals surface area contributed by atoms with Crippen LogP contribution in [0.4, 0.5) is 0 Å². The Kier molecular flexibility index (Phi) is 5.68. The first-order valence-electron chi connectivity index (χ1n) is 7.59. The molecule has 2 aliphatic rings. The quantitative estimate of drug-likeness (QED) is 0.462. The first-order valence-corrected chi connectivity index (χ1v) is 8.03. The van der Waals surface area contributed by atoms with Crippen LogP contribution in [0.15, 0.2) is 35.2 Å². The third-order valence-electron chi connectivity index (χ3n) is 3.61. The average Bonchev–Trinajstić information content (AvgIpc) is 2.66. The van der Waals surface area contributed by atoms with Crippen LogP contribution in [-0.4, -0.2) is 12.6 Å². The van der Waals surface area contributed by atoms with E-state index in [0.29, 0.717) is 12.2 Å². The van der Waals surface area contributed by atoms with Crippen molar-refractivity contribution in [2.24, 2.45) is 0 Å². The lowest BCUT2D eigenvalue weighted by Gasteiger charge is -2.02. The van der Waals surface area contributed by atoms with Crippen LogP contribution >= 0.6 is 12.6 Å². The predicted octanol–water partition coefficient (Wildman–Crippen LogP) is 4.99. The van der Waals surface area contributed by atoms with Crippen LogP contribution in [-0.2, 0) is 11.2 Å². The average molecular weight is 302 g/mol. The van der Waals surface area contributed by atoms with Crippen molar-refractivity contribution < 1.29 is 9.53 Å². The molecule has 21 heavy (non-hydrogen) atoms. The van der Waals surface area contributed by atoms with Crippen LogP contribution in [0.3, 0.4) is 0 Å². The molecule has 2 nitrogen and oxygen atoms in total. The van der Waals surface area contributed by atoms with E-state index in [1.54, 1.807) is 0 Å². The van der Waals surface area contributed by atoms with Gasteiger partial charge in [0.15, 0.2) is 0 Å². The summed E-state index contributed by atoms with van der Waals surface area (Å²) in [5.74, 6) is -0.240. The number of unbranched alkanes of at least 4 members (excludes halogenated alkanes) is 2. The van der Waals surface area contributed by atoms with Gasteiger partial charge in [-0.25, -0.2) is 4.79 Å². The molecule has 0 N–H and O–H groups in total. The molecule has 2 rings (SSSR count). The molecule has 0 amide bonds. The highest BCUT2D eigenvalue weighted by Gasteiger charge is 2.20. The molecule has 0 aromatic heterocycles. The molecule has 0 saturated carbocycles. The van der Waals surface area contributed by atoms with Gasteiger partial charge in [-0.3, -0.25) is 0 Å². The van der Waals surface area contributed by atoms with Gasteiger partial charge in [-0.2, -0.15) is 0 Å². The molecule has 0 unspecified atom stereocenters. The Balaban J connectivity index is 2.43. The van der Waals surface area contributed by atoms with Crippen LogP contribution < -0.4 is 0 Å². The highest BCUT2D eigenvalue weighted by Crippen LogP contribution is 2.34. The van der Waals surface area contributed by atoms with E-state index >= 15 is 0 Å². The summed E-state index contributed by atoms with van der Waals surface area (Å²) >= 11 is 4.45. The van der Waals surface area contributed by atoms with Crippen molar-refractivity contribution in [2.45, 2.75) is 44.4 Å². The lowest BCUT2D eigenvalue weighted by Crippen LogP contribution is -2.03. The van der Waals surface area contributed by atoms with Crippen LogP contribution in [0.5, 0.6) is 0 Å². The second-order valence-electron chi connectivity index (χ2n) is 5.18. The highest BCUT2D eigenvalue weighted by atomic mass is 32.1. The fraction of sp³-hybridized carbons (Fsp3) is 0.389. The summed E-state index contributed by atoms with van der Waals surface area (Å²) in [7, 11) is 0. The van der Waals surface area contributed by atoms with Crippen LogP contribution in [0.25, 0.3) is 11.1 Å². The number of rotatable bonds is 6. The third-order valence-corrected chi connectivity index (χ3v) is 3.89. The van der Waals surface area contributed by atoms with E-state index < -0.39 is 0 Å². The number of hydrogen-bond acceptors (Lipinski definition) is 3. The first kappa shape index (κ1) is 15.9. The van der Waals surface area contributed by atoms with E-state index in [1.165, 1.54) is 18.4 Å². The third kappa shape index (κ3) is 3.79. The van der Waals surface area contributed by atoms with Gasteiger partial charge in [-0.05, 0) is 54.7 Å². The van der Waals surface area contributed by atoms with Crippen molar-refractivity contribution in [3.63, 3.8) is 0 Å². The summed E-state index contributed by atoms with van der Waals surface area (Å²) < 4.78 is 5.18. The van der Waals surface area contributed by atoms with Gasteiger partial charge < -0.3 is 4.74 Å². The summed E-state index contributed by atoms with van der Waals surface area (Å²) in [5, 5.41) is 0. The number of carbonyl (C=O) groups excluding carboxylic acids is 1. The molecule has 3 heteroatoms. The summed E-state index contributed by atoms with van der Waals surface area (Å²) in [6.45, 7) is 4.42. The molecule has 112 valence electrons. The van der Waals surface area contributed by atoms with E-state index in [2.05, 4.69) is 19.6 Å². The van der Waals surface area contributed by atoms with Gasteiger partial charge in [-0.1, -0.05) is 31.9 Å². The standard InChI is InChI=1S/C18H22O2S/c1-3-5-6-8-13-11-17(18(19)20-4-2)15-10-7-9-14(21)12-16(13)15/h7,9-12,21H,3-6,8H2,1-2H3. The van der Waals surface area contributed by atoms with Gasteiger partial charge in [0.1, 0.15) is 0 Å². The Morgan fingerprint density at radius 3 is 2.67 bits per heavy atom. The van der Waals surface area contributed by atoms with Crippen LogP contribution in [0, 0.1) is 0 Å². The van der Waals surface area contributed by atoms with Gasteiger partial charge in [0.25, 0.3) is 0 Å². The number of thiol groups is 1. The molecule has 0 aliphatic heterocycles. The summed E-state index contributed by atoms with van der Waals surface area (Å²) in [5.41, 5.74) is 3.96.